The lowest BCUT2D eigenvalue weighted by atomic mass is 9.79. The lowest BCUT2D eigenvalue weighted by Crippen LogP contribution is -2.48. The van der Waals surface area contributed by atoms with E-state index < -0.39 is 0 Å². The summed E-state index contributed by atoms with van der Waals surface area (Å²) in [5.74, 6) is 0.483. The summed E-state index contributed by atoms with van der Waals surface area (Å²) in [7, 11) is 1.79. The molecule has 2 aromatic rings. The zero-order chi connectivity index (χ0) is 22.3. The van der Waals surface area contributed by atoms with Gasteiger partial charge >= 0.3 is 0 Å². The second-order valence-electron chi connectivity index (χ2n) is 9.13. The van der Waals surface area contributed by atoms with E-state index in [0.717, 1.165) is 29.1 Å². The minimum absolute atomic E-state index is 0.00108. The molecule has 2 heterocycles. The average molecular weight is 434 g/mol. The summed E-state index contributed by atoms with van der Waals surface area (Å²) in [6.07, 6.45) is 3.16. The maximum atomic E-state index is 12.9. The van der Waals surface area contributed by atoms with Crippen molar-refractivity contribution in [3.63, 3.8) is 0 Å². The third kappa shape index (κ3) is 4.03. The van der Waals surface area contributed by atoms with Crippen LogP contribution in [0.5, 0.6) is 0 Å². The molecule has 0 radical (unpaired) electrons. The fraction of sp³-hybridized carbons (Fsp3) is 0.385. The molecule has 2 aliphatic rings. The molecule has 4 rings (SSSR count). The summed E-state index contributed by atoms with van der Waals surface area (Å²) in [5.41, 5.74) is 6.02. The van der Waals surface area contributed by atoms with Gasteiger partial charge in [-0.15, -0.1) is 0 Å². The number of fused-ring (bicyclic) bond motifs is 1. The Labute approximate surface area is 190 Å². The quantitative estimate of drug-likeness (QED) is 0.530. The van der Waals surface area contributed by atoms with E-state index in [0.29, 0.717) is 11.1 Å². The van der Waals surface area contributed by atoms with Crippen LogP contribution in [0.1, 0.15) is 56.7 Å². The summed E-state index contributed by atoms with van der Waals surface area (Å²) in [4.78, 5) is 22.4. The summed E-state index contributed by atoms with van der Waals surface area (Å²) >= 11 is 1.45. The average Bonchev–Trinajstić information content (AvgIpc) is 2.97. The van der Waals surface area contributed by atoms with E-state index in [4.69, 9.17) is 0 Å². The number of amidine groups is 1. The molecule has 0 N–H and O–H groups in total. The van der Waals surface area contributed by atoms with Gasteiger partial charge in [0, 0.05) is 24.8 Å². The molecular weight excluding hydrogens is 402 g/mol. The van der Waals surface area contributed by atoms with Crippen LogP contribution in [0.4, 0.5) is 11.4 Å². The molecule has 0 bridgehead atoms. The minimum atomic E-state index is 0.00108. The number of rotatable bonds is 3. The molecule has 1 amide bonds. The molecule has 1 fully saturated rings. The van der Waals surface area contributed by atoms with Gasteiger partial charge in [-0.2, -0.15) is 0 Å². The summed E-state index contributed by atoms with van der Waals surface area (Å²) in [5, 5.41) is 0.713. The molecular formula is C26H31N3OS. The van der Waals surface area contributed by atoms with Crippen molar-refractivity contribution < 1.29 is 4.79 Å². The number of hydrogen-bond donors (Lipinski definition) is 0. The molecule has 1 unspecified atom stereocenters. The van der Waals surface area contributed by atoms with Gasteiger partial charge in [-0.25, -0.2) is 4.99 Å². The van der Waals surface area contributed by atoms with Crippen molar-refractivity contribution in [1.82, 2.24) is 4.90 Å². The van der Waals surface area contributed by atoms with Crippen molar-refractivity contribution in [2.45, 2.75) is 52.5 Å². The molecule has 2 aliphatic heterocycles. The monoisotopic (exact) mass is 433 g/mol. The van der Waals surface area contributed by atoms with Crippen LogP contribution in [0.15, 0.2) is 52.4 Å². The molecule has 1 atom stereocenters. The van der Waals surface area contributed by atoms with Crippen LogP contribution < -0.4 is 4.90 Å². The Kier molecular flexibility index (Phi) is 5.73. The van der Waals surface area contributed by atoms with Crippen molar-refractivity contribution in [2.24, 2.45) is 4.99 Å². The molecule has 0 spiro atoms. The SMILES string of the molecule is CCN1c2cc(C)c(/C=C3/SC(=Nc4ccccc4)N(C)C3=O)cc2C(C)CC1(C)C. The van der Waals surface area contributed by atoms with E-state index >= 15 is 0 Å². The van der Waals surface area contributed by atoms with Crippen LogP contribution in [0, 0.1) is 6.92 Å². The second kappa shape index (κ2) is 8.19. The highest BCUT2D eigenvalue weighted by Gasteiger charge is 2.36. The van der Waals surface area contributed by atoms with Crippen LogP contribution in [-0.4, -0.2) is 35.1 Å². The zero-order valence-electron chi connectivity index (χ0n) is 19.3. The number of benzene rings is 2. The van der Waals surface area contributed by atoms with Crippen molar-refractivity contribution in [3.05, 3.63) is 64.1 Å². The number of thioether (sulfide) groups is 1. The standard InChI is InChI=1S/C26H31N3OS/c1-7-29-22-13-17(2)19(14-21(22)18(3)16-26(29,4)5)15-23-24(30)28(6)25(31-23)27-20-11-9-8-10-12-20/h8-15,18H,7,16H2,1-6H3/b23-15+,27-25?. The van der Waals surface area contributed by atoms with E-state index in [2.05, 4.69) is 56.6 Å². The van der Waals surface area contributed by atoms with Gasteiger partial charge in [0.15, 0.2) is 5.17 Å². The molecule has 162 valence electrons. The summed E-state index contributed by atoms with van der Waals surface area (Å²) in [6.45, 7) is 12.3. The Morgan fingerprint density at radius 1 is 1.23 bits per heavy atom. The Bertz CT molecular complexity index is 1070. The number of carbonyl (C=O) groups is 1. The van der Waals surface area contributed by atoms with Gasteiger partial charge in [0.2, 0.25) is 0 Å². The number of nitrogens with zero attached hydrogens (tertiary/aromatic N) is 3. The molecule has 1 saturated heterocycles. The number of likely N-dealkylation sites (N-methyl/N-ethyl adjacent to an activating group) is 1. The van der Waals surface area contributed by atoms with E-state index in [1.165, 1.54) is 28.6 Å². The van der Waals surface area contributed by atoms with Gasteiger partial charge in [-0.1, -0.05) is 25.1 Å². The molecule has 0 aliphatic carbocycles. The van der Waals surface area contributed by atoms with Gasteiger partial charge in [0.05, 0.1) is 10.6 Å². The molecule has 2 aromatic carbocycles. The number of aryl methyl sites for hydroxylation is 1. The van der Waals surface area contributed by atoms with Gasteiger partial charge in [0.1, 0.15) is 0 Å². The van der Waals surface area contributed by atoms with Crippen LogP contribution in [0.2, 0.25) is 0 Å². The number of amides is 1. The first-order valence-electron chi connectivity index (χ1n) is 10.9. The number of anilines is 1. The van der Waals surface area contributed by atoms with Gasteiger partial charge in [-0.05, 0) is 98.8 Å². The van der Waals surface area contributed by atoms with E-state index in [-0.39, 0.29) is 11.4 Å². The first-order valence-corrected chi connectivity index (χ1v) is 11.8. The van der Waals surface area contributed by atoms with Crippen LogP contribution in [-0.2, 0) is 4.79 Å². The predicted molar refractivity (Wildman–Crippen MR) is 133 cm³/mol. The molecule has 0 saturated carbocycles. The first kappa shape index (κ1) is 21.7. The Morgan fingerprint density at radius 2 is 1.94 bits per heavy atom. The maximum Gasteiger partial charge on any atom is 0.266 e. The third-order valence-corrected chi connectivity index (χ3v) is 7.42. The zero-order valence-corrected chi connectivity index (χ0v) is 20.1. The minimum Gasteiger partial charge on any atom is -0.366 e. The fourth-order valence-electron chi connectivity index (χ4n) is 4.81. The second-order valence-corrected chi connectivity index (χ2v) is 10.1. The van der Waals surface area contributed by atoms with Gasteiger partial charge < -0.3 is 4.90 Å². The first-order chi connectivity index (χ1) is 14.7. The summed E-state index contributed by atoms with van der Waals surface area (Å²) < 4.78 is 0. The number of carbonyl (C=O) groups excluding carboxylic acids is 1. The number of para-hydroxylation sites is 1. The van der Waals surface area contributed by atoms with Crippen molar-refractivity contribution in [1.29, 1.82) is 0 Å². The lowest BCUT2D eigenvalue weighted by molar-refractivity contribution is -0.121. The Morgan fingerprint density at radius 3 is 2.61 bits per heavy atom. The topological polar surface area (TPSA) is 35.9 Å². The normalized spacial score (nSPS) is 23.0. The van der Waals surface area contributed by atoms with E-state index in [9.17, 15) is 4.79 Å². The van der Waals surface area contributed by atoms with E-state index in [1.807, 2.05) is 36.4 Å². The number of aliphatic imine (C=N–C) groups is 1. The van der Waals surface area contributed by atoms with Crippen molar-refractivity contribution in [3.8, 4) is 0 Å². The van der Waals surface area contributed by atoms with Crippen LogP contribution in [0.3, 0.4) is 0 Å². The highest BCUT2D eigenvalue weighted by Crippen LogP contribution is 2.45. The highest BCUT2D eigenvalue weighted by atomic mass is 32.2. The molecule has 5 heteroatoms. The van der Waals surface area contributed by atoms with Crippen molar-refractivity contribution >= 4 is 40.3 Å². The molecule has 4 nitrogen and oxygen atoms in total. The maximum absolute atomic E-state index is 12.9. The summed E-state index contributed by atoms with van der Waals surface area (Å²) in [6, 6.07) is 14.4. The smallest absolute Gasteiger partial charge is 0.266 e. The highest BCUT2D eigenvalue weighted by molar-refractivity contribution is 8.18. The largest absolute Gasteiger partial charge is 0.366 e. The van der Waals surface area contributed by atoms with Gasteiger partial charge in [-0.3, -0.25) is 9.69 Å². The molecule has 31 heavy (non-hydrogen) atoms. The Hall–Kier alpha value is -2.53. The van der Waals surface area contributed by atoms with Crippen LogP contribution >= 0.6 is 11.8 Å². The third-order valence-electron chi connectivity index (χ3n) is 6.36. The van der Waals surface area contributed by atoms with Crippen molar-refractivity contribution in [2.75, 3.05) is 18.5 Å². The fourth-order valence-corrected chi connectivity index (χ4v) is 5.79. The van der Waals surface area contributed by atoms with Crippen LogP contribution in [0.25, 0.3) is 6.08 Å². The van der Waals surface area contributed by atoms with Gasteiger partial charge in [0.25, 0.3) is 5.91 Å². The lowest BCUT2D eigenvalue weighted by Gasteiger charge is -2.47. The predicted octanol–water partition coefficient (Wildman–Crippen LogP) is 6.34. The Balaban J connectivity index is 1.70. The molecule has 0 aromatic heterocycles. The van der Waals surface area contributed by atoms with E-state index in [1.54, 1.807) is 11.9 Å². The number of hydrogen-bond acceptors (Lipinski definition) is 4.